The summed E-state index contributed by atoms with van der Waals surface area (Å²) in [5.41, 5.74) is 0.961. The lowest BCUT2D eigenvalue weighted by atomic mass is 10.1. The van der Waals surface area contributed by atoms with Crippen molar-refractivity contribution < 1.29 is 4.42 Å². The van der Waals surface area contributed by atoms with E-state index in [0.29, 0.717) is 11.8 Å². The van der Waals surface area contributed by atoms with Crippen LogP contribution in [0.1, 0.15) is 25.7 Å². The smallest absolute Gasteiger partial charge is 0.247 e. The lowest BCUT2D eigenvalue weighted by Crippen LogP contribution is -1.90. The van der Waals surface area contributed by atoms with E-state index in [0.717, 1.165) is 5.56 Å². The summed E-state index contributed by atoms with van der Waals surface area (Å²) < 4.78 is 6.09. The van der Waals surface area contributed by atoms with E-state index < -0.39 is 0 Å². The first-order valence-corrected chi connectivity index (χ1v) is 7.17. The lowest BCUT2D eigenvalue weighted by molar-refractivity contribution is 0.476. The minimum atomic E-state index is 0.0372. The highest BCUT2D eigenvalue weighted by Gasteiger charge is 2.60. The number of hydrogen-bond acceptors (Lipinski definition) is 3. The second kappa shape index (κ2) is 4.90. The van der Waals surface area contributed by atoms with Gasteiger partial charge in [0, 0.05) is 11.5 Å². The van der Waals surface area contributed by atoms with Crippen LogP contribution in [0.2, 0.25) is 0 Å². The van der Waals surface area contributed by atoms with Crippen LogP contribution in [0.3, 0.4) is 0 Å². The molecule has 2 atom stereocenters. The molecule has 0 saturated heterocycles. The standard InChI is InChI=1S/C15H14Cl2N2O/c1-15(2)10(8-11(16)17)12(15)14-19-18-13(20-14)9-6-4-3-5-7-9/h3-8,10,12H,1-2H3/t10-,12+/m0/s1. The van der Waals surface area contributed by atoms with Gasteiger partial charge < -0.3 is 4.42 Å². The molecule has 1 aliphatic carbocycles. The van der Waals surface area contributed by atoms with Crippen LogP contribution in [0.25, 0.3) is 11.5 Å². The Kier molecular flexibility index (Phi) is 3.35. The largest absolute Gasteiger partial charge is 0.420 e. The van der Waals surface area contributed by atoms with Crippen LogP contribution >= 0.6 is 23.2 Å². The Labute approximate surface area is 127 Å². The monoisotopic (exact) mass is 308 g/mol. The number of nitrogens with zero attached hydrogens (tertiary/aromatic N) is 2. The Hall–Kier alpha value is -1.32. The van der Waals surface area contributed by atoms with Crippen molar-refractivity contribution in [2.24, 2.45) is 11.3 Å². The van der Waals surface area contributed by atoms with Crippen LogP contribution in [0.15, 0.2) is 45.3 Å². The van der Waals surface area contributed by atoms with E-state index in [1.807, 2.05) is 36.4 Å². The van der Waals surface area contributed by atoms with Crippen molar-refractivity contribution in [1.82, 2.24) is 10.2 Å². The zero-order valence-corrected chi connectivity index (χ0v) is 12.7. The van der Waals surface area contributed by atoms with Crippen molar-refractivity contribution in [3.8, 4) is 11.5 Å². The molecule has 5 heteroatoms. The molecule has 3 nitrogen and oxygen atoms in total. The van der Waals surface area contributed by atoms with Gasteiger partial charge in [0.15, 0.2) is 0 Å². The third-order valence-corrected chi connectivity index (χ3v) is 4.20. The summed E-state index contributed by atoms with van der Waals surface area (Å²) in [7, 11) is 0. The lowest BCUT2D eigenvalue weighted by Gasteiger charge is -1.97. The average molecular weight is 309 g/mol. The van der Waals surface area contributed by atoms with Crippen LogP contribution in [0.4, 0.5) is 0 Å². The third kappa shape index (κ3) is 2.36. The molecule has 0 bridgehead atoms. The van der Waals surface area contributed by atoms with Gasteiger partial charge in [-0.15, -0.1) is 10.2 Å². The van der Waals surface area contributed by atoms with Gasteiger partial charge in [-0.3, -0.25) is 0 Å². The number of allylic oxidation sites excluding steroid dienone is 1. The second-order valence-electron chi connectivity index (χ2n) is 5.59. The fourth-order valence-electron chi connectivity index (χ4n) is 2.65. The quantitative estimate of drug-likeness (QED) is 0.818. The maximum Gasteiger partial charge on any atom is 0.247 e. The van der Waals surface area contributed by atoms with Gasteiger partial charge in [-0.2, -0.15) is 0 Å². The van der Waals surface area contributed by atoms with E-state index >= 15 is 0 Å². The van der Waals surface area contributed by atoms with Crippen molar-refractivity contribution in [3.63, 3.8) is 0 Å². The molecule has 0 unspecified atom stereocenters. The molecule has 0 amide bonds. The number of rotatable bonds is 3. The molecule has 1 heterocycles. The van der Waals surface area contributed by atoms with Crippen molar-refractivity contribution in [2.75, 3.05) is 0 Å². The maximum absolute atomic E-state index is 5.80. The van der Waals surface area contributed by atoms with Crippen molar-refractivity contribution in [2.45, 2.75) is 19.8 Å². The SMILES string of the molecule is CC1(C)[C@@H](C=C(Cl)Cl)[C@@H]1c1nnc(-c2ccccc2)o1. The zero-order chi connectivity index (χ0) is 14.3. The van der Waals surface area contributed by atoms with Crippen LogP contribution in [0, 0.1) is 11.3 Å². The third-order valence-electron chi connectivity index (χ3n) is 3.94. The zero-order valence-electron chi connectivity index (χ0n) is 11.2. The van der Waals surface area contributed by atoms with Gasteiger partial charge in [0.2, 0.25) is 11.8 Å². The van der Waals surface area contributed by atoms with Gasteiger partial charge in [-0.25, -0.2) is 0 Å². The van der Waals surface area contributed by atoms with E-state index in [2.05, 4.69) is 24.0 Å². The molecule has 1 aliphatic rings. The first kappa shape index (κ1) is 13.7. The van der Waals surface area contributed by atoms with Gasteiger partial charge in [0.25, 0.3) is 0 Å². The van der Waals surface area contributed by atoms with Gasteiger partial charge in [0.05, 0.1) is 0 Å². The highest BCUT2D eigenvalue weighted by molar-refractivity contribution is 6.55. The summed E-state index contributed by atoms with van der Waals surface area (Å²) in [5.74, 6) is 1.59. The summed E-state index contributed by atoms with van der Waals surface area (Å²) in [6, 6.07) is 9.73. The topological polar surface area (TPSA) is 38.9 Å². The molecule has 1 aromatic heterocycles. The fourth-order valence-corrected chi connectivity index (χ4v) is 2.93. The Morgan fingerprint density at radius 3 is 2.55 bits per heavy atom. The predicted molar refractivity (Wildman–Crippen MR) is 79.5 cm³/mol. The predicted octanol–water partition coefficient (Wildman–Crippen LogP) is 4.80. The van der Waals surface area contributed by atoms with Crippen LogP contribution in [-0.4, -0.2) is 10.2 Å². The number of hydrogen-bond donors (Lipinski definition) is 0. The summed E-state index contributed by atoms with van der Waals surface area (Å²) in [6.07, 6.45) is 1.85. The molecule has 3 rings (SSSR count). The maximum atomic E-state index is 5.80. The first-order chi connectivity index (χ1) is 9.50. The van der Waals surface area contributed by atoms with Crippen molar-refractivity contribution >= 4 is 23.2 Å². The van der Waals surface area contributed by atoms with E-state index in [4.69, 9.17) is 27.6 Å². The van der Waals surface area contributed by atoms with Crippen LogP contribution in [0.5, 0.6) is 0 Å². The molecule has 0 aliphatic heterocycles. The summed E-state index contributed by atoms with van der Waals surface area (Å²) >= 11 is 11.5. The van der Waals surface area contributed by atoms with E-state index in [1.165, 1.54) is 0 Å². The van der Waals surface area contributed by atoms with Crippen molar-refractivity contribution in [3.05, 3.63) is 46.8 Å². The van der Waals surface area contributed by atoms with E-state index in [-0.39, 0.29) is 21.7 Å². The first-order valence-electron chi connectivity index (χ1n) is 6.42. The summed E-state index contributed by atoms with van der Waals surface area (Å²) in [5, 5.41) is 8.30. The Morgan fingerprint density at radius 2 is 1.90 bits per heavy atom. The molecule has 0 radical (unpaired) electrons. The fraction of sp³-hybridized carbons (Fsp3) is 0.333. The van der Waals surface area contributed by atoms with Gasteiger partial charge in [-0.1, -0.05) is 55.2 Å². The number of halogens is 2. The Morgan fingerprint density at radius 1 is 1.20 bits per heavy atom. The summed E-state index contributed by atoms with van der Waals surface area (Å²) in [4.78, 5) is 0. The minimum absolute atomic E-state index is 0.0372. The molecule has 2 aromatic rings. The second-order valence-corrected chi connectivity index (χ2v) is 6.60. The number of benzene rings is 1. The van der Waals surface area contributed by atoms with Gasteiger partial charge >= 0.3 is 0 Å². The molecule has 20 heavy (non-hydrogen) atoms. The molecule has 1 saturated carbocycles. The summed E-state index contributed by atoms with van der Waals surface area (Å²) in [6.45, 7) is 4.28. The molecule has 0 N–H and O–H groups in total. The van der Waals surface area contributed by atoms with Crippen LogP contribution in [-0.2, 0) is 0 Å². The highest BCUT2D eigenvalue weighted by Crippen LogP contribution is 2.65. The minimum Gasteiger partial charge on any atom is -0.420 e. The van der Waals surface area contributed by atoms with Gasteiger partial charge in [-0.05, 0) is 29.5 Å². The van der Waals surface area contributed by atoms with Gasteiger partial charge in [0.1, 0.15) is 4.49 Å². The molecule has 0 spiro atoms. The molecular weight excluding hydrogens is 295 g/mol. The average Bonchev–Trinajstić information content (AvgIpc) is 2.80. The molecule has 104 valence electrons. The van der Waals surface area contributed by atoms with E-state index in [9.17, 15) is 0 Å². The number of aromatic nitrogens is 2. The highest BCUT2D eigenvalue weighted by atomic mass is 35.5. The molecule has 1 aromatic carbocycles. The van der Waals surface area contributed by atoms with Crippen LogP contribution < -0.4 is 0 Å². The molecular formula is C15H14Cl2N2O. The van der Waals surface area contributed by atoms with E-state index in [1.54, 1.807) is 0 Å². The normalized spacial score (nSPS) is 23.4. The Balaban J connectivity index is 1.87. The molecule has 1 fully saturated rings. The Bertz CT molecular complexity index is 645. The van der Waals surface area contributed by atoms with Crippen molar-refractivity contribution in [1.29, 1.82) is 0 Å².